The van der Waals surface area contributed by atoms with Gasteiger partial charge in [-0.15, -0.1) is 0 Å². The maximum atomic E-state index is 6.26. The molecule has 2 aliphatic rings. The van der Waals surface area contributed by atoms with E-state index in [2.05, 4.69) is 4.90 Å². The lowest BCUT2D eigenvalue weighted by atomic mass is 9.78. The summed E-state index contributed by atoms with van der Waals surface area (Å²) in [4.78, 5) is 2.56. The van der Waals surface area contributed by atoms with Gasteiger partial charge in [-0.05, 0) is 38.5 Å². The van der Waals surface area contributed by atoms with E-state index in [1.54, 1.807) is 0 Å². The second-order valence-electron chi connectivity index (χ2n) is 5.91. The number of nitrogens with zero attached hydrogens (tertiary/aromatic N) is 1. The van der Waals surface area contributed by atoms with Gasteiger partial charge in [0.25, 0.3) is 0 Å². The van der Waals surface area contributed by atoms with Crippen LogP contribution in [0.15, 0.2) is 0 Å². The first-order valence-corrected chi connectivity index (χ1v) is 7.95. The predicted octanol–water partition coefficient (Wildman–Crippen LogP) is 1.83. The van der Waals surface area contributed by atoms with Crippen molar-refractivity contribution in [1.82, 2.24) is 4.90 Å². The van der Waals surface area contributed by atoms with Crippen LogP contribution in [0.2, 0.25) is 0 Å². The average Bonchev–Trinajstić information content (AvgIpc) is 2.81. The molecule has 0 amide bonds. The van der Waals surface area contributed by atoms with E-state index in [9.17, 15) is 0 Å². The molecular formula is C15H30N2O2. The number of nitrogens with two attached hydrogens (primary N) is 1. The topological polar surface area (TPSA) is 47.7 Å². The number of hydrogen-bond acceptors (Lipinski definition) is 4. The van der Waals surface area contributed by atoms with E-state index in [1.807, 2.05) is 13.8 Å². The van der Waals surface area contributed by atoms with E-state index in [0.29, 0.717) is 6.04 Å². The Balaban J connectivity index is 1.74. The van der Waals surface area contributed by atoms with Crippen molar-refractivity contribution in [1.29, 1.82) is 0 Å². The summed E-state index contributed by atoms with van der Waals surface area (Å²) in [6, 6.07) is 0.429. The van der Waals surface area contributed by atoms with Crippen LogP contribution in [0.5, 0.6) is 0 Å². The molecular weight excluding hydrogens is 240 g/mol. The van der Waals surface area contributed by atoms with Crippen molar-refractivity contribution in [3.63, 3.8) is 0 Å². The molecule has 19 heavy (non-hydrogen) atoms. The van der Waals surface area contributed by atoms with Gasteiger partial charge in [0, 0.05) is 45.3 Å². The molecule has 4 nitrogen and oxygen atoms in total. The zero-order valence-corrected chi connectivity index (χ0v) is 12.5. The van der Waals surface area contributed by atoms with Gasteiger partial charge in [0.05, 0.1) is 0 Å². The minimum atomic E-state index is -0.0358. The molecule has 112 valence electrons. The van der Waals surface area contributed by atoms with E-state index in [0.717, 1.165) is 38.0 Å². The Morgan fingerprint density at radius 3 is 2.53 bits per heavy atom. The lowest BCUT2D eigenvalue weighted by molar-refractivity contribution is -0.141. The Kier molecular flexibility index (Phi) is 6.07. The highest BCUT2D eigenvalue weighted by Gasteiger charge is 2.38. The molecule has 0 aromatic carbocycles. The second-order valence-corrected chi connectivity index (χ2v) is 5.91. The van der Waals surface area contributed by atoms with Crippen molar-refractivity contribution in [2.24, 2.45) is 17.6 Å². The van der Waals surface area contributed by atoms with Crippen LogP contribution in [0.3, 0.4) is 0 Å². The molecule has 0 radical (unpaired) electrons. The molecule has 2 rings (SSSR count). The fourth-order valence-electron chi connectivity index (χ4n) is 3.67. The van der Waals surface area contributed by atoms with Gasteiger partial charge in [-0.3, -0.25) is 0 Å². The Hall–Kier alpha value is -0.160. The number of fused-ring (bicyclic) bond motifs is 1. The molecule has 1 aliphatic heterocycles. The summed E-state index contributed by atoms with van der Waals surface area (Å²) in [5, 5.41) is 0. The molecule has 3 atom stereocenters. The van der Waals surface area contributed by atoms with E-state index >= 15 is 0 Å². The zero-order chi connectivity index (χ0) is 13.7. The van der Waals surface area contributed by atoms with Crippen molar-refractivity contribution in [2.75, 3.05) is 32.8 Å². The van der Waals surface area contributed by atoms with Gasteiger partial charge >= 0.3 is 0 Å². The van der Waals surface area contributed by atoms with Gasteiger partial charge in [-0.25, -0.2) is 0 Å². The molecule has 0 aromatic heterocycles. The minimum absolute atomic E-state index is 0.0358. The molecule has 2 N–H and O–H groups in total. The molecule has 1 saturated carbocycles. The summed E-state index contributed by atoms with van der Waals surface area (Å²) in [7, 11) is 0. The third-order valence-corrected chi connectivity index (χ3v) is 4.62. The van der Waals surface area contributed by atoms with Crippen molar-refractivity contribution in [2.45, 2.75) is 51.9 Å². The molecule has 1 saturated heterocycles. The standard InChI is InChI=1S/C15H30N2O2/c1-3-18-15(19-4-2)8-9-17-10-12-6-5-7-14(16)13(12)11-17/h12-15H,3-11,16H2,1-2H3. The molecule has 4 heteroatoms. The van der Waals surface area contributed by atoms with Crippen LogP contribution in [0.25, 0.3) is 0 Å². The molecule has 3 unspecified atom stereocenters. The van der Waals surface area contributed by atoms with E-state index in [-0.39, 0.29) is 6.29 Å². The zero-order valence-electron chi connectivity index (χ0n) is 12.5. The minimum Gasteiger partial charge on any atom is -0.353 e. The van der Waals surface area contributed by atoms with Gasteiger partial charge in [-0.1, -0.05) is 6.42 Å². The molecule has 2 fully saturated rings. The van der Waals surface area contributed by atoms with Crippen LogP contribution in [0, 0.1) is 11.8 Å². The van der Waals surface area contributed by atoms with Gasteiger partial charge in [-0.2, -0.15) is 0 Å². The SMILES string of the molecule is CCOC(CCN1CC2CCCC(N)C2C1)OCC. The Morgan fingerprint density at radius 1 is 1.16 bits per heavy atom. The molecule has 0 spiro atoms. The van der Waals surface area contributed by atoms with Gasteiger partial charge < -0.3 is 20.1 Å². The number of ether oxygens (including phenoxy) is 2. The van der Waals surface area contributed by atoms with Crippen LogP contribution < -0.4 is 5.73 Å². The fraction of sp³-hybridized carbons (Fsp3) is 1.00. The largest absolute Gasteiger partial charge is 0.353 e. The van der Waals surface area contributed by atoms with Crippen molar-refractivity contribution >= 4 is 0 Å². The normalized spacial score (nSPS) is 31.9. The van der Waals surface area contributed by atoms with Gasteiger partial charge in [0.15, 0.2) is 6.29 Å². The first kappa shape index (κ1) is 15.2. The highest BCUT2D eigenvalue weighted by molar-refractivity contribution is 4.93. The Labute approximate surface area is 117 Å². The first-order chi connectivity index (χ1) is 9.24. The molecule has 1 heterocycles. The quantitative estimate of drug-likeness (QED) is 0.717. The maximum Gasteiger partial charge on any atom is 0.158 e. The van der Waals surface area contributed by atoms with Crippen molar-refractivity contribution in [3.8, 4) is 0 Å². The van der Waals surface area contributed by atoms with E-state index in [4.69, 9.17) is 15.2 Å². The highest BCUT2D eigenvalue weighted by atomic mass is 16.7. The Morgan fingerprint density at radius 2 is 1.89 bits per heavy atom. The molecule has 0 bridgehead atoms. The summed E-state index contributed by atoms with van der Waals surface area (Å²) in [5.41, 5.74) is 6.26. The van der Waals surface area contributed by atoms with Crippen molar-refractivity contribution in [3.05, 3.63) is 0 Å². The highest BCUT2D eigenvalue weighted by Crippen LogP contribution is 2.35. The van der Waals surface area contributed by atoms with Crippen LogP contribution in [-0.4, -0.2) is 50.1 Å². The summed E-state index contributed by atoms with van der Waals surface area (Å²) in [6.45, 7) is 8.97. The van der Waals surface area contributed by atoms with Gasteiger partial charge in [0.1, 0.15) is 0 Å². The maximum absolute atomic E-state index is 6.26. The lowest BCUT2D eigenvalue weighted by Crippen LogP contribution is -2.38. The predicted molar refractivity (Wildman–Crippen MR) is 76.9 cm³/mol. The summed E-state index contributed by atoms with van der Waals surface area (Å²) >= 11 is 0. The van der Waals surface area contributed by atoms with Crippen LogP contribution in [-0.2, 0) is 9.47 Å². The molecule has 1 aliphatic carbocycles. The van der Waals surface area contributed by atoms with Crippen LogP contribution in [0.1, 0.15) is 39.5 Å². The summed E-state index contributed by atoms with van der Waals surface area (Å²) in [6.07, 6.45) is 4.84. The number of hydrogen-bond donors (Lipinski definition) is 1. The van der Waals surface area contributed by atoms with Crippen LogP contribution >= 0.6 is 0 Å². The Bertz CT molecular complexity index is 257. The fourth-order valence-corrected chi connectivity index (χ4v) is 3.67. The smallest absolute Gasteiger partial charge is 0.158 e. The lowest BCUT2D eigenvalue weighted by Gasteiger charge is -2.29. The first-order valence-electron chi connectivity index (χ1n) is 7.95. The number of likely N-dealkylation sites (tertiary alicyclic amines) is 1. The van der Waals surface area contributed by atoms with Crippen molar-refractivity contribution < 1.29 is 9.47 Å². The monoisotopic (exact) mass is 270 g/mol. The number of rotatable bonds is 7. The summed E-state index contributed by atoms with van der Waals surface area (Å²) < 4.78 is 11.2. The third kappa shape index (κ3) is 4.15. The summed E-state index contributed by atoms with van der Waals surface area (Å²) in [5.74, 6) is 1.56. The average molecular weight is 270 g/mol. The molecule has 0 aromatic rings. The van der Waals surface area contributed by atoms with E-state index in [1.165, 1.54) is 32.4 Å². The van der Waals surface area contributed by atoms with Crippen LogP contribution in [0.4, 0.5) is 0 Å². The van der Waals surface area contributed by atoms with Gasteiger partial charge in [0.2, 0.25) is 0 Å². The second kappa shape index (κ2) is 7.58. The van der Waals surface area contributed by atoms with E-state index < -0.39 is 0 Å². The third-order valence-electron chi connectivity index (χ3n) is 4.62.